The van der Waals surface area contributed by atoms with Gasteiger partial charge in [0.05, 0.1) is 25.4 Å². The minimum absolute atomic E-state index is 0.0135. The minimum atomic E-state index is -0.519. The summed E-state index contributed by atoms with van der Waals surface area (Å²) in [6.07, 6.45) is 0.000257. The molecule has 0 radical (unpaired) electrons. The number of aromatic nitrogens is 2. The molecule has 140 valence electrons. The Morgan fingerprint density at radius 2 is 2.12 bits per heavy atom. The van der Waals surface area contributed by atoms with Crippen molar-refractivity contribution in [2.75, 3.05) is 45.9 Å². The van der Waals surface area contributed by atoms with Gasteiger partial charge in [0.1, 0.15) is 0 Å². The van der Waals surface area contributed by atoms with Gasteiger partial charge in [-0.15, -0.1) is 0 Å². The summed E-state index contributed by atoms with van der Waals surface area (Å²) in [5, 5.41) is 17.1. The van der Waals surface area contributed by atoms with E-state index in [0.29, 0.717) is 51.0 Å². The molecule has 3 rings (SSSR count). The molecule has 1 aromatic heterocycles. The van der Waals surface area contributed by atoms with Crippen molar-refractivity contribution in [2.24, 2.45) is 0 Å². The second kappa shape index (κ2) is 8.11. The molecule has 2 N–H and O–H groups in total. The van der Waals surface area contributed by atoms with E-state index in [1.165, 1.54) is 0 Å². The number of hydrogen-bond acceptors (Lipinski definition) is 7. The van der Waals surface area contributed by atoms with Crippen LogP contribution in [0.25, 0.3) is 0 Å². The molecular formula is C16H27N5O4. The maximum atomic E-state index is 12.3. The Balaban J connectivity index is 1.43. The van der Waals surface area contributed by atoms with Gasteiger partial charge >= 0.3 is 6.03 Å². The number of aliphatic hydroxyl groups excluding tert-OH is 1. The normalized spacial score (nSPS) is 24.9. The van der Waals surface area contributed by atoms with E-state index in [4.69, 9.17) is 9.26 Å². The number of morpholine rings is 1. The molecule has 2 fully saturated rings. The largest absolute Gasteiger partial charge is 0.390 e. The van der Waals surface area contributed by atoms with E-state index < -0.39 is 6.10 Å². The average molecular weight is 353 g/mol. The van der Waals surface area contributed by atoms with Gasteiger partial charge in [-0.3, -0.25) is 4.90 Å². The number of rotatable bonds is 5. The Morgan fingerprint density at radius 1 is 1.36 bits per heavy atom. The standard InChI is InChI=1S/C16H27N5O4/c1-11(2)15-18-14(19-25-15)3-4-17-16(23)21-9-12(13(22)10-21)20-5-7-24-8-6-20/h11-13,22H,3-10H2,1-2H3,(H,17,23)/t12-,13-/m0/s1. The first-order valence-corrected chi connectivity index (χ1v) is 8.89. The highest BCUT2D eigenvalue weighted by Crippen LogP contribution is 2.17. The summed E-state index contributed by atoms with van der Waals surface area (Å²) >= 11 is 0. The third-order valence-corrected chi connectivity index (χ3v) is 4.66. The first kappa shape index (κ1) is 18.1. The van der Waals surface area contributed by atoms with Crippen molar-refractivity contribution in [3.8, 4) is 0 Å². The first-order chi connectivity index (χ1) is 12.0. The van der Waals surface area contributed by atoms with Gasteiger partial charge in [0.2, 0.25) is 5.89 Å². The topological polar surface area (TPSA) is 104 Å². The van der Waals surface area contributed by atoms with Gasteiger partial charge in [0.15, 0.2) is 5.82 Å². The van der Waals surface area contributed by atoms with Crippen molar-refractivity contribution in [1.29, 1.82) is 0 Å². The molecule has 25 heavy (non-hydrogen) atoms. The quantitative estimate of drug-likeness (QED) is 0.757. The molecule has 9 nitrogen and oxygen atoms in total. The average Bonchev–Trinajstić information content (AvgIpc) is 3.22. The van der Waals surface area contributed by atoms with Crippen molar-refractivity contribution in [3.63, 3.8) is 0 Å². The van der Waals surface area contributed by atoms with Crippen molar-refractivity contribution in [2.45, 2.75) is 38.3 Å². The lowest BCUT2D eigenvalue weighted by Crippen LogP contribution is -2.49. The summed E-state index contributed by atoms with van der Waals surface area (Å²) < 4.78 is 10.5. The van der Waals surface area contributed by atoms with Gasteiger partial charge in [0.25, 0.3) is 0 Å². The number of nitrogens with one attached hydrogen (secondary N) is 1. The molecule has 2 aliphatic heterocycles. The fourth-order valence-corrected chi connectivity index (χ4v) is 3.20. The molecular weight excluding hydrogens is 326 g/mol. The SMILES string of the molecule is CC(C)c1nc(CCNC(=O)N2C[C@H](O)[C@@H](N3CCOCC3)C2)no1. The molecule has 0 saturated carbocycles. The van der Waals surface area contributed by atoms with Crippen LogP contribution >= 0.6 is 0 Å². The van der Waals surface area contributed by atoms with Crippen LogP contribution in [-0.4, -0.2) is 89.2 Å². The Bertz CT molecular complexity index is 573. The summed E-state index contributed by atoms with van der Waals surface area (Å²) in [6, 6.07) is -0.178. The molecule has 2 aliphatic rings. The van der Waals surface area contributed by atoms with Crippen LogP contribution in [0.1, 0.15) is 31.5 Å². The van der Waals surface area contributed by atoms with Crippen LogP contribution < -0.4 is 5.32 Å². The fraction of sp³-hybridized carbons (Fsp3) is 0.812. The van der Waals surface area contributed by atoms with Crippen LogP contribution in [0.2, 0.25) is 0 Å². The molecule has 2 atom stereocenters. The zero-order valence-electron chi connectivity index (χ0n) is 14.8. The van der Waals surface area contributed by atoms with Crippen LogP contribution in [0.5, 0.6) is 0 Å². The second-order valence-corrected chi connectivity index (χ2v) is 6.87. The van der Waals surface area contributed by atoms with E-state index >= 15 is 0 Å². The monoisotopic (exact) mass is 353 g/mol. The number of aliphatic hydroxyl groups is 1. The van der Waals surface area contributed by atoms with Crippen molar-refractivity contribution >= 4 is 6.03 Å². The van der Waals surface area contributed by atoms with E-state index in [-0.39, 0.29) is 18.0 Å². The lowest BCUT2D eigenvalue weighted by molar-refractivity contribution is -0.00607. The molecule has 0 unspecified atom stereocenters. The highest BCUT2D eigenvalue weighted by atomic mass is 16.5. The maximum absolute atomic E-state index is 12.3. The Morgan fingerprint density at radius 3 is 2.80 bits per heavy atom. The van der Waals surface area contributed by atoms with Gasteiger partial charge in [-0.05, 0) is 0 Å². The van der Waals surface area contributed by atoms with Crippen molar-refractivity contribution in [1.82, 2.24) is 25.3 Å². The Hall–Kier alpha value is -1.71. The number of ether oxygens (including phenoxy) is 1. The molecule has 1 aromatic rings. The summed E-state index contributed by atoms with van der Waals surface area (Å²) in [5.74, 6) is 1.40. The predicted octanol–water partition coefficient (Wildman–Crippen LogP) is -0.178. The number of amides is 2. The number of nitrogens with zero attached hydrogens (tertiary/aromatic N) is 4. The van der Waals surface area contributed by atoms with Gasteiger partial charge < -0.3 is 24.6 Å². The molecule has 0 bridgehead atoms. The van der Waals surface area contributed by atoms with Crippen LogP contribution in [0.15, 0.2) is 4.52 Å². The van der Waals surface area contributed by atoms with Crippen LogP contribution in [-0.2, 0) is 11.2 Å². The smallest absolute Gasteiger partial charge is 0.317 e. The number of carbonyl (C=O) groups excluding carboxylic acids is 1. The molecule has 2 amide bonds. The van der Waals surface area contributed by atoms with Gasteiger partial charge in [-0.2, -0.15) is 4.98 Å². The highest BCUT2D eigenvalue weighted by molar-refractivity contribution is 5.74. The molecule has 3 heterocycles. The summed E-state index contributed by atoms with van der Waals surface area (Å²) in [4.78, 5) is 20.5. The lowest BCUT2D eigenvalue weighted by Gasteiger charge is -2.33. The predicted molar refractivity (Wildman–Crippen MR) is 89.2 cm³/mol. The number of urea groups is 1. The van der Waals surface area contributed by atoms with Gasteiger partial charge in [-0.1, -0.05) is 19.0 Å². The van der Waals surface area contributed by atoms with E-state index in [2.05, 4.69) is 20.4 Å². The van der Waals surface area contributed by atoms with E-state index in [1.54, 1.807) is 4.90 Å². The van der Waals surface area contributed by atoms with Crippen molar-refractivity contribution < 1.29 is 19.2 Å². The van der Waals surface area contributed by atoms with Crippen LogP contribution in [0.4, 0.5) is 4.79 Å². The summed E-state index contributed by atoms with van der Waals surface area (Å²) in [5.41, 5.74) is 0. The van der Waals surface area contributed by atoms with Crippen LogP contribution in [0, 0.1) is 0 Å². The van der Waals surface area contributed by atoms with E-state index in [0.717, 1.165) is 13.1 Å². The van der Waals surface area contributed by atoms with E-state index in [9.17, 15) is 9.90 Å². The number of β-amino-alcohol motifs (C(OH)–C–C–N with tert-alkyl or cyclic N) is 1. The minimum Gasteiger partial charge on any atom is -0.390 e. The lowest BCUT2D eigenvalue weighted by atomic mass is 10.2. The van der Waals surface area contributed by atoms with Gasteiger partial charge in [0, 0.05) is 45.1 Å². The molecule has 0 spiro atoms. The zero-order chi connectivity index (χ0) is 17.8. The van der Waals surface area contributed by atoms with Crippen molar-refractivity contribution in [3.05, 3.63) is 11.7 Å². The Kier molecular flexibility index (Phi) is 5.87. The van der Waals surface area contributed by atoms with Gasteiger partial charge in [-0.25, -0.2) is 4.79 Å². The number of carbonyl (C=O) groups is 1. The number of likely N-dealkylation sites (tertiary alicyclic amines) is 1. The van der Waals surface area contributed by atoms with E-state index in [1.807, 2.05) is 13.8 Å². The summed E-state index contributed by atoms with van der Waals surface area (Å²) in [6.45, 7) is 8.26. The first-order valence-electron chi connectivity index (χ1n) is 8.89. The molecule has 2 saturated heterocycles. The molecule has 0 aromatic carbocycles. The van der Waals surface area contributed by atoms with Crippen LogP contribution in [0.3, 0.4) is 0 Å². The maximum Gasteiger partial charge on any atom is 0.317 e. The summed E-state index contributed by atoms with van der Waals surface area (Å²) in [7, 11) is 0. The number of hydrogen-bond donors (Lipinski definition) is 2. The third-order valence-electron chi connectivity index (χ3n) is 4.66. The molecule has 0 aliphatic carbocycles. The Labute approximate surface area is 147 Å². The molecule has 9 heteroatoms. The fourth-order valence-electron chi connectivity index (χ4n) is 3.20. The highest BCUT2D eigenvalue weighted by Gasteiger charge is 2.38. The zero-order valence-corrected chi connectivity index (χ0v) is 14.8. The second-order valence-electron chi connectivity index (χ2n) is 6.87. The third kappa shape index (κ3) is 4.47.